The van der Waals surface area contributed by atoms with Crippen LogP contribution in [0.2, 0.25) is 0 Å². The van der Waals surface area contributed by atoms with Crippen LogP contribution in [-0.4, -0.2) is 36.9 Å². The van der Waals surface area contributed by atoms with Crippen molar-refractivity contribution in [3.05, 3.63) is 100 Å². The van der Waals surface area contributed by atoms with Gasteiger partial charge in [0.1, 0.15) is 11.7 Å². The maximum atomic E-state index is 12.9. The van der Waals surface area contributed by atoms with Gasteiger partial charge in [-0.3, -0.25) is 14.2 Å². The van der Waals surface area contributed by atoms with Crippen molar-refractivity contribution in [1.29, 1.82) is 0 Å². The van der Waals surface area contributed by atoms with Gasteiger partial charge in [0.15, 0.2) is 17.1 Å². The molecule has 0 aliphatic carbocycles. The normalized spacial score (nSPS) is 11.1. The average molecular weight is 454 g/mol. The number of aryl methyl sites for hydroxylation is 1. The van der Waals surface area contributed by atoms with Crippen LogP contribution in [0.15, 0.2) is 82.5 Å². The van der Waals surface area contributed by atoms with Gasteiger partial charge in [-0.1, -0.05) is 59.8 Å². The highest BCUT2D eigenvalue weighted by atomic mass is 16.5. The quantitative estimate of drug-likeness (QED) is 0.405. The fourth-order valence-electron chi connectivity index (χ4n) is 3.73. The van der Waals surface area contributed by atoms with Crippen LogP contribution in [0, 0.1) is 6.92 Å². The van der Waals surface area contributed by atoms with Crippen molar-refractivity contribution in [1.82, 2.24) is 29.8 Å². The molecule has 3 aromatic heterocycles. The molecule has 0 aliphatic rings. The monoisotopic (exact) mass is 454 g/mol. The maximum absolute atomic E-state index is 12.9. The van der Waals surface area contributed by atoms with Gasteiger partial charge in [-0.25, -0.2) is 9.67 Å². The molecular formula is C25H22N6O3. The standard InChI is InChI=1S/C25H22N6O3/c1-17-7-5-6-10-19(17)15-30-16-27-23-20(25(30)33)14-28-31(23)12-11-26-24(32)21-13-22(34-29-21)18-8-3-2-4-9-18/h2-10,13-14,16H,11-12,15H2,1H3,(H,26,32). The van der Waals surface area contributed by atoms with E-state index < -0.39 is 0 Å². The predicted octanol–water partition coefficient (Wildman–Crippen LogP) is 3.03. The second kappa shape index (κ2) is 9.14. The lowest BCUT2D eigenvalue weighted by Gasteiger charge is -2.09. The number of hydrogen-bond acceptors (Lipinski definition) is 6. The molecule has 2 aromatic carbocycles. The van der Waals surface area contributed by atoms with Crippen molar-refractivity contribution >= 4 is 16.9 Å². The molecule has 0 aliphatic heterocycles. The molecule has 0 fully saturated rings. The first-order valence-corrected chi connectivity index (χ1v) is 10.9. The summed E-state index contributed by atoms with van der Waals surface area (Å²) in [6.45, 7) is 3.10. The first kappa shape index (κ1) is 21.3. The van der Waals surface area contributed by atoms with Crippen molar-refractivity contribution in [2.45, 2.75) is 20.0 Å². The Balaban J connectivity index is 1.25. The van der Waals surface area contributed by atoms with Gasteiger partial charge in [0.05, 0.1) is 19.3 Å². The molecule has 0 unspecified atom stereocenters. The molecule has 5 rings (SSSR count). The number of amides is 1. The van der Waals surface area contributed by atoms with Crippen molar-refractivity contribution in [2.24, 2.45) is 0 Å². The molecule has 0 bridgehead atoms. The van der Waals surface area contributed by atoms with Gasteiger partial charge in [0.2, 0.25) is 0 Å². The number of benzene rings is 2. The third-order valence-electron chi connectivity index (χ3n) is 5.63. The van der Waals surface area contributed by atoms with E-state index in [0.717, 1.165) is 16.7 Å². The minimum atomic E-state index is -0.351. The Morgan fingerprint density at radius 1 is 1.09 bits per heavy atom. The van der Waals surface area contributed by atoms with Gasteiger partial charge < -0.3 is 9.84 Å². The van der Waals surface area contributed by atoms with E-state index in [-0.39, 0.29) is 23.7 Å². The number of hydrogen-bond donors (Lipinski definition) is 1. The molecule has 170 valence electrons. The summed E-state index contributed by atoms with van der Waals surface area (Å²) in [5.74, 6) is 0.172. The SMILES string of the molecule is Cc1ccccc1Cn1cnc2c(cnn2CCNC(=O)c2cc(-c3ccccc3)on2)c1=O. The lowest BCUT2D eigenvalue weighted by atomic mass is 10.1. The van der Waals surface area contributed by atoms with Gasteiger partial charge in [-0.2, -0.15) is 5.10 Å². The second-order valence-corrected chi connectivity index (χ2v) is 7.91. The Hall–Kier alpha value is -4.53. The van der Waals surface area contributed by atoms with Crippen LogP contribution < -0.4 is 10.9 Å². The van der Waals surface area contributed by atoms with Crippen LogP contribution in [-0.2, 0) is 13.1 Å². The molecule has 0 atom stereocenters. The summed E-state index contributed by atoms with van der Waals surface area (Å²) in [7, 11) is 0. The van der Waals surface area contributed by atoms with Gasteiger partial charge in [0.25, 0.3) is 11.5 Å². The molecule has 1 N–H and O–H groups in total. The molecule has 9 nitrogen and oxygen atoms in total. The lowest BCUT2D eigenvalue weighted by molar-refractivity contribution is 0.0943. The Labute approximate surface area is 194 Å². The Morgan fingerprint density at radius 2 is 1.88 bits per heavy atom. The summed E-state index contributed by atoms with van der Waals surface area (Å²) < 4.78 is 8.46. The first-order chi connectivity index (χ1) is 16.6. The van der Waals surface area contributed by atoms with Gasteiger partial charge in [-0.05, 0) is 18.1 Å². The highest BCUT2D eigenvalue weighted by Gasteiger charge is 2.14. The van der Waals surface area contributed by atoms with E-state index in [4.69, 9.17) is 4.52 Å². The van der Waals surface area contributed by atoms with E-state index >= 15 is 0 Å². The third-order valence-corrected chi connectivity index (χ3v) is 5.63. The molecular weight excluding hydrogens is 432 g/mol. The fraction of sp³-hybridized carbons (Fsp3) is 0.160. The molecule has 5 aromatic rings. The van der Waals surface area contributed by atoms with Gasteiger partial charge in [0, 0.05) is 18.2 Å². The van der Waals surface area contributed by atoms with Crippen molar-refractivity contribution in [2.75, 3.05) is 6.54 Å². The summed E-state index contributed by atoms with van der Waals surface area (Å²) in [5, 5.41) is 11.4. The number of carbonyl (C=O) groups is 1. The highest BCUT2D eigenvalue weighted by Crippen LogP contribution is 2.19. The Bertz CT molecular complexity index is 1520. The van der Waals surface area contributed by atoms with Crippen molar-refractivity contribution in [3.8, 4) is 11.3 Å². The smallest absolute Gasteiger partial charge is 0.273 e. The van der Waals surface area contributed by atoms with Crippen LogP contribution in [0.25, 0.3) is 22.4 Å². The van der Waals surface area contributed by atoms with E-state index in [1.807, 2.05) is 61.5 Å². The van der Waals surface area contributed by atoms with Crippen molar-refractivity contribution in [3.63, 3.8) is 0 Å². The second-order valence-electron chi connectivity index (χ2n) is 7.91. The molecule has 0 spiro atoms. The number of nitrogens with zero attached hydrogens (tertiary/aromatic N) is 5. The van der Waals surface area contributed by atoms with Crippen LogP contribution in [0.4, 0.5) is 0 Å². The van der Waals surface area contributed by atoms with Gasteiger partial charge in [-0.15, -0.1) is 0 Å². The molecule has 34 heavy (non-hydrogen) atoms. The Morgan fingerprint density at radius 3 is 2.71 bits per heavy atom. The van der Waals surface area contributed by atoms with E-state index in [0.29, 0.717) is 29.9 Å². The molecule has 0 radical (unpaired) electrons. The number of aromatic nitrogens is 5. The van der Waals surface area contributed by atoms with Gasteiger partial charge >= 0.3 is 0 Å². The predicted molar refractivity (Wildman–Crippen MR) is 126 cm³/mol. The minimum Gasteiger partial charge on any atom is -0.355 e. The zero-order valence-corrected chi connectivity index (χ0v) is 18.5. The zero-order chi connectivity index (χ0) is 23.5. The summed E-state index contributed by atoms with van der Waals surface area (Å²) in [6, 6.07) is 19.0. The number of carbonyl (C=O) groups excluding carboxylic acids is 1. The average Bonchev–Trinajstić information content (AvgIpc) is 3.51. The van der Waals surface area contributed by atoms with Crippen LogP contribution in [0.5, 0.6) is 0 Å². The molecule has 0 saturated heterocycles. The fourth-order valence-corrected chi connectivity index (χ4v) is 3.73. The van der Waals surface area contributed by atoms with E-state index in [1.165, 1.54) is 12.5 Å². The first-order valence-electron chi connectivity index (χ1n) is 10.9. The van der Waals surface area contributed by atoms with Crippen LogP contribution in [0.3, 0.4) is 0 Å². The summed E-state index contributed by atoms with van der Waals surface area (Å²) in [6.07, 6.45) is 3.05. The minimum absolute atomic E-state index is 0.153. The topological polar surface area (TPSA) is 108 Å². The number of nitrogens with one attached hydrogen (secondary N) is 1. The lowest BCUT2D eigenvalue weighted by Crippen LogP contribution is -2.28. The summed E-state index contributed by atoms with van der Waals surface area (Å²) in [5.41, 5.74) is 3.54. The third kappa shape index (κ3) is 4.23. The molecule has 1 amide bonds. The maximum Gasteiger partial charge on any atom is 0.273 e. The van der Waals surface area contributed by atoms with Crippen LogP contribution >= 0.6 is 0 Å². The number of rotatable bonds is 7. The Kier molecular flexibility index (Phi) is 5.73. The van der Waals surface area contributed by atoms with Crippen molar-refractivity contribution < 1.29 is 9.32 Å². The van der Waals surface area contributed by atoms with E-state index in [1.54, 1.807) is 15.3 Å². The molecule has 9 heteroatoms. The zero-order valence-electron chi connectivity index (χ0n) is 18.5. The van der Waals surface area contributed by atoms with E-state index in [9.17, 15) is 9.59 Å². The molecule has 0 saturated carbocycles. The summed E-state index contributed by atoms with van der Waals surface area (Å²) >= 11 is 0. The summed E-state index contributed by atoms with van der Waals surface area (Å²) in [4.78, 5) is 29.8. The number of fused-ring (bicyclic) bond motifs is 1. The van der Waals surface area contributed by atoms with E-state index in [2.05, 4.69) is 20.6 Å². The van der Waals surface area contributed by atoms with Crippen LogP contribution in [0.1, 0.15) is 21.6 Å². The highest BCUT2D eigenvalue weighted by molar-refractivity contribution is 5.93. The molecule has 3 heterocycles. The largest absolute Gasteiger partial charge is 0.355 e.